The molecule has 0 aromatic carbocycles. The van der Waals surface area contributed by atoms with Crippen molar-refractivity contribution >= 4 is 45.0 Å². The molecule has 0 aliphatic rings. The normalized spacial score (nSPS) is 14.4. The molecule has 2 N–H and O–H groups in total. The summed E-state index contributed by atoms with van der Waals surface area (Å²) in [6, 6.07) is 2.15. The minimum absolute atomic E-state index is 0.0585. The molecule has 1 heterocycles. The van der Waals surface area contributed by atoms with Crippen LogP contribution < -0.4 is 5.73 Å². The maximum Gasteiger partial charge on any atom is 0.306 e. The molecule has 0 bridgehead atoms. The fourth-order valence-electron chi connectivity index (χ4n) is 1.34. The molecule has 0 radical (unpaired) electrons. The maximum atomic E-state index is 11.0. The number of carbonyl (C=O) groups excluding carboxylic acids is 1. The molecule has 17 heavy (non-hydrogen) atoms. The van der Waals surface area contributed by atoms with Crippen LogP contribution >= 0.6 is 39.0 Å². The molecule has 0 aliphatic carbocycles. The van der Waals surface area contributed by atoms with Crippen molar-refractivity contribution < 1.29 is 9.53 Å². The first-order chi connectivity index (χ1) is 8.04. The molecule has 0 fully saturated rings. The molecular weight excluding hydrogens is 322 g/mol. The Morgan fingerprint density at radius 1 is 1.71 bits per heavy atom. The van der Waals surface area contributed by atoms with Gasteiger partial charge in [-0.1, -0.05) is 0 Å². The summed E-state index contributed by atoms with van der Waals surface area (Å²) in [5, 5.41) is 2.28. The Labute approximate surface area is 118 Å². The van der Waals surface area contributed by atoms with Crippen LogP contribution in [0.4, 0.5) is 0 Å². The Balaban J connectivity index is 2.53. The average molecular weight is 338 g/mol. The number of carbonyl (C=O) groups is 1. The molecule has 3 nitrogen and oxygen atoms in total. The molecular formula is C11H16BrNO2S2. The zero-order chi connectivity index (χ0) is 12.8. The van der Waals surface area contributed by atoms with E-state index in [2.05, 4.69) is 26.7 Å². The maximum absolute atomic E-state index is 11.0. The van der Waals surface area contributed by atoms with Gasteiger partial charge in [0.2, 0.25) is 0 Å². The van der Waals surface area contributed by atoms with Gasteiger partial charge in [0.1, 0.15) is 0 Å². The molecule has 1 aromatic rings. The molecule has 0 saturated heterocycles. The molecule has 2 atom stereocenters. The first kappa shape index (κ1) is 15.0. The highest BCUT2D eigenvalue weighted by Gasteiger charge is 2.19. The number of esters is 1. The van der Waals surface area contributed by atoms with Gasteiger partial charge in [-0.05, 0) is 28.9 Å². The molecule has 0 aliphatic heterocycles. The van der Waals surface area contributed by atoms with E-state index in [1.807, 2.05) is 12.3 Å². The van der Waals surface area contributed by atoms with Crippen LogP contribution in [0.25, 0.3) is 0 Å². The fraction of sp³-hybridized carbons (Fsp3) is 0.545. The fourth-order valence-corrected chi connectivity index (χ4v) is 4.33. The van der Waals surface area contributed by atoms with Crippen LogP contribution in [0.15, 0.2) is 15.9 Å². The van der Waals surface area contributed by atoms with Crippen LogP contribution in [-0.2, 0) is 9.53 Å². The predicted molar refractivity (Wildman–Crippen MR) is 77.5 cm³/mol. The Bertz CT molecular complexity index is 368. The van der Waals surface area contributed by atoms with Crippen LogP contribution in [0.3, 0.4) is 0 Å². The standard InChI is InChI=1S/C11H16BrNO2S2/c1-7(13)11(9-5-8(12)6-17-9)16-4-3-10(14)15-2/h5-7,11H,3-4,13H2,1-2H3. The van der Waals surface area contributed by atoms with Gasteiger partial charge in [0, 0.05) is 26.5 Å². The summed E-state index contributed by atoms with van der Waals surface area (Å²) in [6.45, 7) is 1.99. The highest BCUT2D eigenvalue weighted by Crippen LogP contribution is 2.36. The molecule has 2 unspecified atom stereocenters. The zero-order valence-corrected chi connectivity index (χ0v) is 13.0. The lowest BCUT2D eigenvalue weighted by Crippen LogP contribution is -2.22. The number of hydrogen-bond acceptors (Lipinski definition) is 5. The minimum Gasteiger partial charge on any atom is -0.469 e. The van der Waals surface area contributed by atoms with E-state index >= 15 is 0 Å². The van der Waals surface area contributed by atoms with Gasteiger partial charge in [-0.15, -0.1) is 11.3 Å². The number of nitrogens with two attached hydrogens (primary N) is 1. The number of halogens is 1. The average Bonchev–Trinajstić information content (AvgIpc) is 2.70. The van der Waals surface area contributed by atoms with Gasteiger partial charge in [0.05, 0.1) is 18.8 Å². The van der Waals surface area contributed by atoms with Crippen LogP contribution in [0.5, 0.6) is 0 Å². The predicted octanol–water partition coefficient (Wildman–Crippen LogP) is 3.20. The molecule has 0 amide bonds. The van der Waals surface area contributed by atoms with E-state index in [-0.39, 0.29) is 17.3 Å². The van der Waals surface area contributed by atoms with Gasteiger partial charge in [0.25, 0.3) is 0 Å². The number of thiophene rings is 1. The van der Waals surface area contributed by atoms with Gasteiger partial charge in [-0.3, -0.25) is 4.79 Å². The largest absolute Gasteiger partial charge is 0.469 e. The second-order valence-corrected chi connectivity index (χ2v) is 6.75. The van der Waals surface area contributed by atoms with Crippen molar-refractivity contribution in [3.63, 3.8) is 0 Å². The molecule has 0 spiro atoms. The lowest BCUT2D eigenvalue weighted by molar-refractivity contribution is -0.140. The topological polar surface area (TPSA) is 52.3 Å². The Morgan fingerprint density at radius 3 is 2.88 bits per heavy atom. The van der Waals surface area contributed by atoms with Gasteiger partial charge in [-0.2, -0.15) is 11.8 Å². The summed E-state index contributed by atoms with van der Waals surface area (Å²) in [5.74, 6) is 0.558. The number of thioether (sulfide) groups is 1. The van der Waals surface area contributed by atoms with E-state index in [1.54, 1.807) is 23.1 Å². The van der Waals surface area contributed by atoms with Crippen LogP contribution in [0.1, 0.15) is 23.5 Å². The smallest absolute Gasteiger partial charge is 0.306 e. The van der Waals surface area contributed by atoms with Crippen LogP contribution in [-0.4, -0.2) is 24.9 Å². The van der Waals surface area contributed by atoms with Crippen molar-refractivity contribution in [3.8, 4) is 0 Å². The van der Waals surface area contributed by atoms with Crippen molar-refractivity contribution in [1.82, 2.24) is 0 Å². The van der Waals surface area contributed by atoms with Gasteiger partial charge in [0.15, 0.2) is 0 Å². The number of methoxy groups -OCH3 is 1. The third kappa shape index (κ3) is 4.99. The van der Waals surface area contributed by atoms with E-state index in [0.29, 0.717) is 6.42 Å². The van der Waals surface area contributed by atoms with E-state index in [9.17, 15) is 4.79 Å². The van der Waals surface area contributed by atoms with E-state index in [4.69, 9.17) is 5.73 Å². The lowest BCUT2D eigenvalue weighted by Gasteiger charge is -2.18. The third-order valence-electron chi connectivity index (χ3n) is 2.18. The summed E-state index contributed by atoms with van der Waals surface area (Å²) in [5.41, 5.74) is 5.98. The summed E-state index contributed by atoms with van der Waals surface area (Å²) in [7, 11) is 1.41. The quantitative estimate of drug-likeness (QED) is 0.810. The Morgan fingerprint density at radius 2 is 2.41 bits per heavy atom. The number of hydrogen-bond donors (Lipinski definition) is 1. The summed E-state index contributed by atoms with van der Waals surface area (Å²) < 4.78 is 5.69. The molecule has 1 aromatic heterocycles. The highest BCUT2D eigenvalue weighted by atomic mass is 79.9. The van der Waals surface area contributed by atoms with Crippen LogP contribution in [0, 0.1) is 0 Å². The Hall–Kier alpha value is -0.0400. The second-order valence-electron chi connectivity index (χ2n) is 3.64. The van der Waals surface area contributed by atoms with Crippen molar-refractivity contribution in [1.29, 1.82) is 0 Å². The van der Waals surface area contributed by atoms with Crippen molar-refractivity contribution in [3.05, 3.63) is 20.8 Å². The van der Waals surface area contributed by atoms with E-state index in [0.717, 1.165) is 10.2 Å². The molecule has 96 valence electrons. The minimum atomic E-state index is -0.173. The summed E-state index contributed by atoms with van der Waals surface area (Å²) in [6.07, 6.45) is 0.428. The van der Waals surface area contributed by atoms with Crippen molar-refractivity contribution in [2.75, 3.05) is 12.9 Å². The lowest BCUT2D eigenvalue weighted by atomic mass is 10.2. The first-order valence-electron chi connectivity index (χ1n) is 5.22. The van der Waals surface area contributed by atoms with Gasteiger partial charge >= 0.3 is 5.97 Å². The molecule has 6 heteroatoms. The van der Waals surface area contributed by atoms with Gasteiger partial charge < -0.3 is 10.5 Å². The van der Waals surface area contributed by atoms with Crippen molar-refractivity contribution in [2.24, 2.45) is 5.73 Å². The van der Waals surface area contributed by atoms with Crippen LogP contribution in [0.2, 0.25) is 0 Å². The van der Waals surface area contributed by atoms with E-state index < -0.39 is 0 Å². The Kier molecular flexibility index (Phi) is 6.54. The molecule has 1 rings (SSSR count). The SMILES string of the molecule is COC(=O)CCSC(c1cc(Br)cs1)C(C)N. The third-order valence-corrected chi connectivity index (χ3v) is 5.58. The second kappa shape index (κ2) is 7.41. The molecule has 0 saturated carbocycles. The first-order valence-corrected chi connectivity index (χ1v) is 7.94. The number of rotatable bonds is 6. The van der Waals surface area contributed by atoms with E-state index in [1.165, 1.54) is 12.0 Å². The zero-order valence-electron chi connectivity index (χ0n) is 9.81. The summed E-state index contributed by atoms with van der Waals surface area (Å²) in [4.78, 5) is 12.3. The van der Waals surface area contributed by atoms with Gasteiger partial charge in [-0.25, -0.2) is 0 Å². The van der Waals surface area contributed by atoms with Crippen molar-refractivity contribution in [2.45, 2.75) is 24.6 Å². The highest BCUT2D eigenvalue weighted by molar-refractivity contribution is 9.10. The summed E-state index contributed by atoms with van der Waals surface area (Å²) >= 11 is 6.83. The number of ether oxygens (including phenoxy) is 1. The monoisotopic (exact) mass is 337 g/mol.